The molecular formula is C22H37N3O3. The van der Waals surface area contributed by atoms with Crippen LogP contribution in [0.2, 0.25) is 0 Å². The minimum atomic E-state index is -0.488. The molecule has 1 aromatic rings. The number of rotatable bonds is 8. The third-order valence-electron chi connectivity index (χ3n) is 6.04. The lowest BCUT2D eigenvalue weighted by molar-refractivity contribution is 0.0498. The van der Waals surface area contributed by atoms with E-state index in [1.54, 1.807) is 7.11 Å². The lowest BCUT2D eigenvalue weighted by Crippen LogP contribution is -2.47. The molecule has 2 aliphatic heterocycles. The summed E-state index contributed by atoms with van der Waals surface area (Å²) in [6.45, 7) is 10.6. The minimum absolute atomic E-state index is 0.309. The molecule has 3 rings (SSSR count). The van der Waals surface area contributed by atoms with Gasteiger partial charge in [0.15, 0.2) is 0 Å². The second-order valence-electron chi connectivity index (χ2n) is 8.50. The maximum Gasteiger partial charge on any atom is 0.127 e. The molecule has 1 unspecified atom stereocenters. The molecule has 0 bridgehead atoms. The van der Waals surface area contributed by atoms with Gasteiger partial charge in [-0.25, -0.2) is 0 Å². The van der Waals surface area contributed by atoms with E-state index in [0.717, 1.165) is 63.2 Å². The van der Waals surface area contributed by atoms with Crippen LogP contribution in [-0.4, -0.2) is 92.5 Å². The Balaban J connectivity index is 1.55. The van der Waals surface area contributed by atoms with Gasteiger partial charge in [0.05, 0.1) is 7.11 Å². The molecule has 2 aliphatic rings. The number of likely N-dealkylation sites (N-methyl/N-ethyl adjacent to an activating group) is 1. The van der Waals surface area contributed by atoms with Crippen molar-refractivity contribution in [3.05, 3.63) is 23.8 Å². The highest BCUT2D eigenvalue weighted by Crippen LogP contribution is 2.28. The number of nitrogens with zero attached hydrogens (tertiary/aromatic N) is 3. The Morgan fingerprint density at radius 3 is 2.46 bits per heavy atom. The highest BCUT2D eigenvalue weighted by molar-refractivity contribution is 5.40. The van der Waals surface area contributed by atoms with Gasteiger partial charge in [0, 0.05) is 50.9 Å². The molecule has 0 aliphatic carbocycles. The second kappa shape index (κ2) is 10.4. The van der Waals surface area contributed by atoms with E-state index >= 15 is 0 Å². The second-order valence-corrected chi connectivity index (χ2v) is 8.50. The number of aliphatic hydroxyl groups is 1. The van der Waals surface area contributed by atoms with E-state index in [4.69, 9.17) is 9.47 Å². The number of hydrogen-bond donors (Lipinski definition) is 1. The summed E-state index contributed by atoms with van der Waals surface area (Å²) in [4.78, 5) is 7.13. The van der Waals surface area contributed by atoms with Crippen molar-refractivity contribution in [2.24, 2.45) is 5.92 Å². The molecule has 6 nitrogen and oxygen atoms in total. The fourth-order valence-corrected chi connectivity index (χ4v) is 3.96. The van der Waals surface area contributed by atoms with Crippen molar-refractivity contribution < 1.29 is 14.6 Å². The van der Waals surface area contributed by atoms with E-state index < -0.39 is 6.10 Å². The predicted octanol–water partition coefficient (Wildman–Crippen LogP) is 1.91. The van der Waals surface area contributed by atoms with Gasteiger partial charge < -0.3 is 19.5 Å². The van der Waals surface area contributed by atoms with E-state index in [1.165, 1.54) is 18.4 Å². The molecule has 6 heteroatoms. The SMILES string of the molecule is COc1ccc(CN2CCC(C)CC2)c(OCC(O)CN2CCN(C)CC2)c1. The molecule has 2 saturated heterocycles. The fraction of sp³-hybridized carbons (Fsp3) is 0.727. The molecule has 1 atom stereocenters. The van der Waals surface area contributed by atoms with Gasteiger partial charge in [-0.3, -0.25) is 9.80 Å². The standard InChI is InChI=1S/C22H37N3O3/c1-18-6-8-24(9-7-18)15-19-4-5-21(27-3)14-22(19)28-17-20(26)16-25-12-10-23(2)11-13-25/h4-5,14,18,20,26H,6-13,15-17H2,1-3H3. The van der Waals surface area contributed by atoms with E-state index in [0.29, 0.717) is 13.2 Å². The van der Waals surface area contributed by atoms with Gasteiger partial charge in [-0.05, 0) is 45.0 Å². The van der Waals surface area contributed by atoms with Gasteiger partial charge in [-0.1, -0.05) is 13.0 Å². The highest BCUT2D eigenvalue weighted by atomic mass is 16.5. The van der Waals surface area contributed by atoms with Crippen LogP contribution in [0.4, 0.5) is 0 Å². The Bertz CT molecular complexity index is 597. The van der Waals surface area contributed by atoms with E-state index in [-0.39, 0.29) is 0 Å². The quantitative estimate of drug-likeness (QED) is 0.731. The van der Waals surface area contributed by atoms with Gasteiger partial charge in [-0.2, -0.15) is 0 Å². The monoisotopic (exact) mass is 391 g/mol. The molecule has 2 heterocycles. The zero-order valence-corrected chi connectivity index (χ0v) is 17.8. The Morgan fingerprint density at radius 1 is 1.07 bits per heavy atom. The number of aliphatic hydroxyl groups excluding tert-OH is 1. The first-order valence-corrected chi connectivity index (χ1v) is 10.6. The number of piperidine rings is 1. The summed E-state index contributed by atoms with van der Waals surface area (Å²) in [5.74, 6) is 2.45. The Morgan fingerprint density at radius 2 is 1.79 bits per heavy atom. The van der Waals surface area contributed by atoms with Crippen LogP contribution in [0.25, 0.3) is 0 Å². The number of hydrogen-bond acceptors (Lipinski definition) is 6. The van der Waals surface area contributed by atoms with Crippen molar-refractivity contribution in [1.82, 2.24) is 14.7 Å². The van der Waals surface area contributed by atoms with Gasteiger partial charge in [0.25, 0.3) is 0 Å². The lowest BCUT2D eigenvalue weighted by atomic mass is 9.99. The molecule has 0 spiro atoms. The van der Waals surface area contributed by atoms with Crippen LogP contribution >= 0.6 is 0 Å². The number of piperazine rings is 1. The number of likely N-dealkylation sites (tertiary alicyclic amines) is 1. The number of benzene rings is 1. The van der Waals surface area contributed by atoms with Crippen LogP contribution in [0, 0.1) is 5.92 Å². The molecule has 2 fully saturated rings. The average molecular weight is 392 g/mol. The molecule has 0 radical (unpaired) electrons. The van der Waals surface area contributed by atoms with Crippen LogP contribution in [-0.2, 0) is 6.54 Å². The minimum Gasteiger partial charge on any atom is -0.497 e. The van der Waals surface area contributed by atoms with Gasteiger partial charge in [-0.15, -0.1) is 0 Å². The van der Waals surface area contributed by atoms with Crippen LogP contribution < -0.4 is 9.47 Å². The van der Waals surface area contributed by atoms with Crippen LogP contribution in [0.3, 0.4) is 0 Å². The topological polar surface area (TPSA) is 48.4 Å². The summed E-state index contributed by atoms with van der Waals surface area (Å²) in [6, 6.07) is 6.04. The highest BCUT2D eigenvalue weighted by Gasteiger charge is 2.20. The predicted molar refractivity (Wildman–Crippen MR) is 112 cm³/mol. The number of β-amino-alcohol motifs (C(OH)–C–C–N with tert-alkyl or cyclic N) is 1. The van der Waals surface area contributed by atoms with Crippen molar-refractivity contribution in [1.29, 1.82) is 0 Å². The zero-order valence-electron chi connectivity index (χ0n) is 17.8. The fourth-order valence-electron chi connectivity index (χ4n) is 3.96. The van der Waals surface area contributed by atoms with Crippen molar-refractivity contribution in [3.63, 3.8) is 0 Å². The molecule has 0 amide bonds. The first-order valence-electron chi connectivity index (χ1n) is 10.6. The van der Waals surface area contributed by atoms with E-state index in [1.807, 2.05) is 12.1 Å². The summed E-state index contributed by atoms with van der Waals surface area (Å²) in [5, 5.41) is 10.5. The molecule has 28 heavy (non-hydrogen) atoms. The van der Waals surface area contributed by atoms with Gasteiger partial charge in [0.2, 0.25) is 0 Å². The molecular weight excluding hydrogens is 354 g/mol. The summed E-state index contributed by atoms with van der Waals surface area (Å²) < 4.78 is 11.5. The normalized spacial score (nSPS) is 21.6. The lowest BCUT2D eigenvalue weighted by Gasteiger charge is -2.33. The van der Waals surface area contributed by atoms with Gasteiger partial charge in [0.1, 0.15) is 24.2 Å². The third kappa shape index (κ3) is 6.34. The van der Waals surface area contributed by atoms with Crippen molar-refractivity contribution in [2.75, 3.05) is 66.6 Å². The zero-order chi connectivity index (χ0) is 19.9. The Hall–Kier alpha value is -1.34. The largest absolute Gasteiger partial charge is 0.497 e. The average Bonchev–Trinajstić information content (AvgIpc) is 2.70. The smallest absolute Gasteiger partial charge is 0.127 e. The maximum atomic E-state index is 10.5. The first-order chi connectivity index (χ1) is 13.5. The van der Waals surface area contributed by atoms with Crippen molar-refractivity contribution in [3.8, 4) is 11.5 Å². The van der Waals surface area contributed by atoms with Crippen molar-refractivity contribution in [2.45, 2.75) is 32.4 Å². The summed E-state index contributed by atoms with van der Waals surface area (Å²) >= 11 is 0. The number of methoxy groups -OCH3 is 1. The Labute approximate surface area is 170 Å². The molecule has 158 valence electrons. The Kier molecular flexibility index (Phi) is 7.97. The molecule has 0 saturated carbocycles. The molecule has 0 aromatic heterocycles. The van der Waals surface area contributed by atoms with E-state index in [2.05, 4.69) is 34.7 Å². The first kappa shape index (κ1) is 21.4. The summed E-state index contributed by atoms with van der Waals surface area (Å²) in [5.41, 5.74) is 1.17. The third-order valence-corrected chi connectivity index (χ3v) is 6.04. The molecule has 1 aromatic carbocycles. The van der Waals surface area contributed by atoms with Crippen molar-refractivity contribution >= 4 is 0 Å². The van der Waals surface area contributed by atoms with E-state index in [9.17, 15) is 5.11 Å². The van der Waals surface area contributed by atoms with Gasteiger partial charge >= 0.3 is 0 Å². The summed E-state index contributed by atoms with van der Waals surface area (Å²) in [6.07, 6.45) is 2.03. The summed E-state index contributed by atoms with van der Waals surface area (Å²) in [7, 11) is 3.82. The van der Waals surface area contributed by atoms with Crippen LogP contribution in [0.5, 0.6) is 11.5 Å². The number of ether oxygens (including phenoxy) is 2. The van der Waals surface area contributed by atoms with Crippen LogP contribution in [0.15, 0.2) is 18.2 Å². The molecule has 1 N–H and O–H groups in total. The maximum absolute atomic E-state index is 10.5. The van der Waals surface area contributed by atoms with Crippen LogP contribution in [0.1, 0.15) is 25.3 Å².